The van der Waals surface area contributed by atoms with Crippen molar-refractivity contribution >= 4 is 38.0 Å². The molecule has 0 saturated carbocycles. The van der Waals surface area contributed by atoms with Crippen LogP contribution in [0.15, 0.2) is 47.1 Å². The lowest BCUT2D eigenvalue weighted by Crippen LogP contribution is -2.63. The molecule has 1 aromatic carbocycles. The normalized spacial score (nSPS) is 24.2. The van der Waals surface area contributed by atoms with Crippen LogP contribution in [0.5, 0.6) is 5.75 Å². The first-order chi connectivity index (χ1) is 15.5. The van der Waals surface area contributed by atoms with E-state index in [1.165, 1.54) is 13.1 Å². The first kappa shape index (κ1) is 22.9. The van der Waals surface area contributed by atoms with Crippen molar-refractivity contribution in [1.82, 2.24) is 15.3 Å². The van der Waals surface area contributed by atoms with Crippen LogP contribution in [-0.4, -0.2) is 44.7 Å². The number of pyridine rings is 2. The average molecular weight is 471 g/mol. The number of methoxy groups -OCH3 is 1. The van der Waals surface area contributed by atoms with Gasteiger partial charge in [0.05, 0.1) is 34.3 Å². The lowest BCUT2D eigenvalue weighted by atomic mass is 9.91. The van der Waals surface area contributed by atoms with E-state index in [1.54, 1.807) is 52.4 Å². The first-order valence-corrected chi connectivity index (χ1v) is 12.1. The summed E-state index contributed by atoms with van der Waals surface area (Å²) in [6.45, 7) is 5.19. The number of hydrogen-bond donors (Lipinski definition) is 3. The Morgan fingerprint density at radius 3 is 2.70 bits per heavy atom. The van der Waals surface area contributed by atoms with Crippen LogP contribution in [0.3, 0.4) is 0 Å². The van der Waals surface area contributed by atoms with Gasteiger partial charge >= 0.3 is 0 Å². The summed E-state index contributed by atoms with van der Waals surface area (Å²) in [5, 5.41) is 15.6. The molecule has 1 aliphatic heterocycles. The maximum Gasteiger partial charge on any atom is 0.156 e. The molecular formula is C23H27FN6O2S. The number of hydrogen-bond acceptors (Lipinski definition) is 7. The lowest BCUT2D eigenvalue weighted by molar-refractivity contribution is 0.414. The molecule has 8 nitrogen and oxygen atoms in total. The van der Waals surface area contributed by atoms with Crippen LogP contribution >= 0.6 is 0 Å². The van der Waals surface area contributed by atoms with E-state index in [0.29, 0.717) is 28.3 Å². The Hall–Kier alpha value is -3.27. The molecule has 3 heterocycles. The molecule has 2 atom stereocenters. The minimum absolute atomic E-state index is 0.0680. The van der Waals surface area contributed by atoms with Gasteiger partial charge in [-0.25, -0.2) is 22.9 Å². The summed E-state index contributed by atoms with van der Waals surface area (Å²) < 4.78 is 37.1. The van der Waals surface area contributed by atoms with Gasteiger partial charge in [-0.05, 0) is 51.1 Å². The van der Waals surface area contributed by atoms with Crippen LogP contribution in [0.2, 0.25) is 0 Å². The van der Waals surface area contributed by atoms with Crippen molar-refractivity contribution in [3.05, 3.63) is 54.1 Å². The number of fused-ring (bicyclic) bond motifs is 1. The molecule has 0 amide bonds. The second-order valence-electron chi connectivity index (χ2n) is 8.74. The highest BCUT2D eigenvalue weighted by Crippen LogP contribution is 2.37. The van der Waals surface area contributed by atoms with Crippen LogP contribution in [0.1, 0.15) is 26.3 Å². The van der Waals surface area contributed by atoms with Crippen molar-refractivity contribution in [2.24, 2.45) is 4.36 Å². The van der Waals surface area contributed by atoms with Gasteiger partial charge in [0, 0.05) is 29.9 Å². The number of rotatable bonds is 4. The third-order valence-corrected chi connectivity index (χ3v) is 9.57. The summed E-state index contributed by atoms with van der Waals surface area (Å²) in [6, 6.07) is 8.29. The topological polar surface area (TPSA) is 112 Å². The van der Waals surface area contributed by atoms with Gasteiger partial charge in [0.1, 0.15) is 27.7 Å². The summed E-state index contributed by atoms with van der Waals surface area (Å²) in [7, 11) is 0.251. The molecule has 3 N–H and O–H groups in total. The summed E-state index contributed by atoms with van der Waals surface area (Å²) in [5.41, 5.74) is 0.438. The maximum absolute atomic E-state index is 15.0. The fraction of sp³-hybridized carbons (Fsp3) is 0.348. The van der Waals surface area contributed by atoms with E-state index in [1.807, 2.05) is 12.1 Å². The Bertz CT molecular complexity index is 1380. The number of halogens is 1. The van der Waals surface area contributed by atoms with Crippen LogP contribution in [0.4, 0.5) is 15.9 Å². The van der Waals surface area contributed by atoms with E-state index >= 15 is 4.39 Å². The number of benzene rings is 1. The molecular weight excluding hydrogens is 443 g/mol. The minimum atomic E-state index is -2.82. The van der Waals surface area contributed by atoms with Crippen molar-refractivity contribution in [3.8, 4) is 5.75 Å². The second-order valence-corrected chi connectivity index (χ2v) is 11.7. The van der Waals surface area contributed by atoms with Gasteiger partial charge in [-0.2, -0.15) is 0 Å². The van der Waals surface area contributed by atoms with Crippen LogP contribution in [0.25, 0.3) is 10.9 Å². The highest BCUT2D eigenvalue weighted by molar-refractivity contribution is 7.95. The Balaban J connectivity index is 1.75. The molecule has 10 heteroatoms. The standard InChI is InChI=1S/C23H27FN6O2S/c1-22(2)21(25)30-23(3,13-33(22,31)26-4)17-11-15(6-7-18(17)24)29-20-19-14(8-9-27-20)10-16(32-5)12-28-19/h6-12H,13H2,1-5H3,(H2,25,30)(H,27,29)/t23-,33+/m0/s1. The predicted molar refractivity (Wildman–Crippen MR) is 129 cm³/mol. The van der Waals surface area contributed by atoms with Gasteiger partial charge in [0.15, 0.2) is 5.82 Å². The Kier molecular flexibility index (Phi) is 5.52. The Morgan fingerprint density at radius 2 is 2.00 bits per heavy atom. The van der Waals surface area contributed by atoms with Crippen molar-refractivity contribution in [1.29, 1.82) is 5.41 Å². The quantitative estimate of drug-likeness (QED) is 0.527. The molecule has 0 radical (unpaired) electrons. The zero-order valence-electron chi connectivity index (χ0n) is 19.2. The van der Waals surface area contributed by atoms with Gasteiger partial charge in [-0.1, -0.05) is 0 Å². The molecule has 1 aliphatic rings. The molecule has 3 aromatic rings. The number of amidine groups is 1. The minimum Gasteiger partial charge on any atom is -0.495 e. The van der Waals surface area contributed by atoms with Gasteiger partial charge in [0.2, 0.25) is 0 Å². The van der Waals surface area contributed by atoms with E-state index in [-0.39, 0.29) is 11.6 Å². The largest absolute Gasteiger partial charge is 0.495 e. The monoisotopic (exact) mass is 470 g/mol. The summed E-state index contributed by atoms with van der Waals surface area (Å²) in [4.78, 5) is 8.82. The van der Waals surface area contributed by atoms with Gasteiger partial charge in [-0.15, -0.1) is 0 Å². The molecule has 0 spiro atoms. The SMILES string of the molecule is CN=[S@@]1(=O)C[C@@](C)(c2cc(Nc3nccc4cc(OC)cnc34)ccc2F)NC(=N)C1(C)C. The van der Waals surface area contributed by atoms with Crippen molar-refractivity contribution in [2.75, 3.05) is 25.2 Å². The summed E-state index contributed by atoms with van der Waals surface area (Å²) in [6.07, 6.45) is 3.26. The van der Waals surface area contributed by atoms with Crippen molar-refractivity contribution in [3.63, 3.8) is 0 Å². The predicted octanol–water partition coefficient (Wildman–Crippen LogP) is 4.19. The summed E-state index contributed by atoms with van der Waals surface area (Å²) >= 11 is 0. The number of nitrogens with one attached hydrogen (secondary N) is 3. The highest BCUT2D eigenvalue weighted by atomic mass is 32.2. The molecule has 174 valence electrons. The van der Waals surface area contributed by atoms with E-state index < -0.39 is 25.8 Å². The zero-order valence-corrected chi connectivity index (χ0v) is 20.0. The molecule has 1 fully saturated rings. The van der Waals surface area contributed by atoms with Crippen LogP contribution < -0.4 is 15.4 Å². The lowest BCUT2D eigenvalue weighted by Gasteiger charge is -2.45. The van der Waals surface area contributed by atoms with Gasteiger partial charge < -0.3 is 15.4 Å². The van der Waals surface area contributed by atoms with Crippen molar-refractivity contribution < 1.29 is 13.3 Å². The van der Waals surface area contributed by atoms with E-state index in [4.69, 9.17) is 10.1 Å². The smallest absolute Gasteiger partial charge is 0.156 e. The molecule has 0 unspecified atom stereocenters. The van der Waals surface area contributed by atoms with E-state index in [0.717, 1.165) is 5.39 Å². The third kappa shape index (κ3) is 3.78. The summed E-state index contributed by atoms with van der Waals surface area (Å²) in [5.74, 6) is 0.819. The zero-order chi connectivity index (χ0) is 24.0. The Morgan fingerprint density at radius 1 is 1.24 bits per heavy atom. The number of ether oxygens (including phenoxy) is 1. The van der Waals surface area contributed by atoms with E-state index in [2.05, 4.69) is 25.0 Å². The molecule has 0 aliphatic carbocycles. The van der Waals surface area contributed by atoms with E-state index in [9.17, 15) is 4.21 Å². The third-order valence-electron chi connectivity index (χ3n) is 6.21. The van der Waals surface area contributed by atoms with Crippen molar-refractivity contribution in [2.45, 2.75) is 31.1 Å². The number of aromatic nitrogens is 2. The van der Waals surface area contributed by atoms with Crippen LogP contribution in [-0.2, 0) is 15.3 Å². The Labute approximate surface area is 192 Å². The molecule has 4 rings (SSSR count). The van der Waals surface area contributed by atoms with Gasteiger partial charge in [0.25, 0.3) is 0 Å². The second kappa shape index (κ2) is 7.95. The highest BCUT2D eigenvalue weighted by Gasteiger charge is 2.49. The van der Waals surface area contributed by atoms with Gasteiger partial charge in [-0.3, -0.25) is 5.41 Å². The number of anilines is 2. The molecule has 33 heavy (non-hydrogen) atoms. The number of nitrogens with zero attached hydrogens (tertiary/aromatic N) is 3. The fourth-order valence-electron chi connectivity index (χ4n) is 4.04. The fourth-order valence-corrected chi connectivity index (χ4v) is 6.36. The maximum atomic E-state index is 15.0. The molecule has 0 bridgehead atoms. The first-order valence-electron chi connectivity index (χ1n) is 10.4. The molecule has 1 saturated heterocycles. The van der Waals surface area contributed by atoms with Crippen LogP contribution in [0, 0.1) is 11.2 Å². The average Bonchev–Trinajstić information content (AvgIpc) is 2.78. The molecule has 2 aromatic heterocycles.